The van der Waals surface area contributed by atoms with E-state index in [0.29, 0.717) is 39.9 Å². The summed E-state index contributed by atoms with van der Waals surface area (Å²) in [5.41, 5.74) is 4.71. The van der Waals surface area contributed by atoms with E-state index in [2.05, 4.69) is 61.1 Å². The van der Waals surface area contributed by atoms with Crippen LogP contribution in [-0.2, 0) is 9.53 Å². The second-order valence-electron chi connectivity index (χ2n) is 14.8. The van der Waals surface area contributed by atoms with Crippen molar-refractivity contribution in [1.82, 2.24) is 0 Å². The number of carbonyl (C=O) groups excluding carboxylic acids is 1. The lowest BCUT2D eigenvalue weighted by atomic mass is 9.33. The maximum atomic E-state index is 11.9. The minimum atomic E-state index is -0.117. The highest BCUT2D eigenvalue weighted by Gasteiger charge is 2.68. The van der Waals surface area contributed by atoms with Crippen molar-refractivity contribution in [3.05, 3.63) is 23.8 Å². The molecule has 0 N–H and O–H groups in total. The summed E-state index contributed by atoms with van der Waals surface area (Å²) in [5.74, 6) is 2.48. The summed E-state index contributed by atoms with van der Waals surface area (Å²) >= 11 is 0. The summed E-state index contributed by atoms with van der Waals surface area (Å²) in [6.45, 7) is 23.9. The van der Waals surface area contributed by atoms with E-state index in [-0.39, 0.29) is 22.9 Å². The molecule has 0 aromatic heterocycles. The maximum Gasteiger partial charge on any atom is 0.302 e. The van der Waals surface area contributed by atoms with Gasteiger partial charge in [0.15, 0.2) is 0 Å². The summed E-state index contributed by atoms with van der Waals surface area (Å²) in [4.78, 5) is 11.9. The molecule has 0 radical (unpaired) electrons. The molecule has 0 aliphatic heterocycles. The summed E-state index contributed by atoms with van der Waals surface area (Å²) in [5, 5.41) is 0. The van der Waals surface area contributed by atoms with Crippen LogP contribution in [0.3, 0.4) is 0 Å². The van der Waals surface area contributed by atoms with E-state index in [1.807, 2.05) is 5.57 Å². The molecule has 0 aromatic carbocycles. The SMILES string of the molecule is C=C1CC[C@]2(C)CC[C@]3(C)C(=CCC4[C@@]5(C)CC[C@@H](OC(C)=O)C(C)(C)C5CC[C@]43C)[C@H]2[C@@H]1C. The van der Waals surface area contributed by atoms with Gasteiger partial charge in [0.25, 0.3) is 0 Å². The van der Waals surface area contributed by atoms with Gasteiger partial charge in [-0.25, -0.2) is 0 Å². The minimum Gasteiger partial charge on any atom is -0.462 e. The van der Waals surface area contributed by atoms with Gasteiger partial charge in [0.1, 0.15) is 6.10 Å². The standard InChI is InChI=1S/C32H50O2/c1-20-12-15-29(6)18-19-31(8)23(27(29)21(20)2)10-11-25-30(7)16-14-26(34-22(3)33)28(4,5)24(30)13-17-32(25,31)9/h10,21,24-27H,1,11-19H2,2-9H3/t21-,24?,25?,26-,27-,29-,30+,31-,32-/m1/s1. The first-order chi connectivity index (χ1) is 15.7. The normalized spacial score (nSPS) is 51.8. The molecule has 5 aliphatic rings. The molecule has 0 saturated heterocycles. The Bertz CT molecular complexity index is 927. The Labute approximate surface area is 209 Å². The fourth-order valence-electron chi connectivity index (χ4n) is 11.0. The van der Waals surface area contributed by atoms with Gasteiger partial charge >= 0.3 is 5.97 Å². The lowest BCUT2D eigenvalue weighted by molar-refractivity contribution is -0.211. The molecule has 5 rings (SSSR count). The molecular weight excluding hydrogens is 416 g/mol. The Hall–Kier alpha value is -1.05. The molecule has 4 saturated carbocycles. The number of hydrogen-bond acceptors (Lipinski definition) is 2. The zero-order chi connectivity index (χ0) is 24.9. The van der Waals surface area contributed by atoms with Crippen molar-refractivity contribution in [3.63, 3.8) is 0 Å². The lowest BCUT2D eigenvalue weighted by Crippen LogP contribution is -2.64. The summed E-state index contributed by atoms with van der Waals surface area (Å²) < 4.78 is 5.90. The number of ether oxygens (including phenoxy) is 1. The van der Waals surface area contributed by atoms with E-state index in [1.165, 1.54) is 56.9 Å². The summed E-state index contributed by atoms with van der Waals surface area (Å²) in [6.07, 6.45) is 14.1. The fourth-order valence-corrected chi connectivity index (χ4v) is 11.0. The number of esters is 1. The number of hydrogen-bond donors (Lipinski definition) is 0. The zero-order valence-corrected chi connectivity index (χ0v) is 23.4. The smallest absolute Gasteiger partial charge is 0.302 e. The van der Waals surface area contributed by atoms with Gasteiger partial charge in [-0.1, -0.05) is 72.3 Å². The largest absolute Gasteiger partial charge is 0.462 e. The quantitative estimate of drug-likeness (QED) is 0.286. The van der Waals surface area contributed by atoms with Crippen LogP contribution in [0.1, 0.15) is 113 Å². The van der Waals surface area contributed by atoms with Crippen LogP contribution in [0, 0.1) is 50.7 Å². The lowest BCUT2D eigenvalue weighted by Gasteiger charge is -2.71. The van der Waals surface area contributed by atoms with Crippen molar-refractivity contribution in [2.45, 2.75) is 119 Å². The molecule has 0 bridgehead atoms. The van der Waals surface area contributed by atoms with Crippen molar-refractivity contribution in [2.24, 2.45) is 50.7 Å². The highest BCUT2D eigenvalue weighted by atomic mass is 16.5. The Morgan fingerprint density at radius 3 is 2.35 bits per heavy atom. The Morgan fingerprint density at radius 1 is 0.971 bits per heavy atom. The molecule has 2 unspecified atom stereocenters. The molecule has 5 aliphatic carbocycles. The van der Waals surface area contributed by atoms with Gasteiger partial charge in [0.2, 0.25) is 0 Å². The second-order valence-corrected chi connectivity index (χ2v) is 14.8. The van der Waals surface area contributed by atoms with Crippen LogP contribution < -0.4 is 0 Å². The molecular formula is C32H50O2. The van der Waals surface area contributed by atoms with Gasteiger partial charge in [0.05, 0.1) is 0 Å². The van der Waals surface area contributed by atoms with Crippen molar-refractivity contribution in [1.29, 1.82) is 0 Å². The van der Waals surface area contributed by atoms with Crippen LogP contribution in [0.2, 0.25) is 0 Å². The predicted octanol–water partition coefficient (Wildman–Crippen LogP) is 8.52. The molecule has 0 amide bonds. The molecule has 4 fully saturated rings. The Kier molecular flexibility index (Phi) is 5.42. The first-order valence-corrected chi connectivity index (χ1v) is 14.3. The number of rotatable bonds is 1. The van der Waals surface area contributed by atoms with Crippen LogP contribution in [0.5, 0.6) is 0 Å². The van der Waals surface area contributed by atoms with Crippen molar-refractivity contribution >= 4 is 5.97 Å². The first kappa shape index (κ1) is 24.6. The first-order valence-electron chi connectivity index (χ1n) is 14.3. The number of fused-ring (bicyclic) bond motifs is 7. The third kappa shape index (κ3) is 3.02. The molecule has 9 atom stereocenters. The topological polar surface area (TPSA) is 26.3 Å². The van der Waals surface area contributed by atoms with Gasteiger partial charge in [-0.05, 0) is 103 Å². The third-order valence-corrected chi connectivity index (χ3v) is 13.2. The average Bonchev–Trinajstić information content (AvgIpc) is 2.74. The molecule has 190 valence electrons. The van der Waals surface area contributed by atoms with E-state index in [0.717, 1.165) is 6.42 Å². The highest BCUT2D eigenvalue weighted by Crippen LogP contribution is 2.75. The van der Waals surface area contributed by atoms with Crippen molar-refractivity contribution in [2.75, 3.05) is 0 Å². The minimum absolute atomic E-state index is 0.0334. The fraction of sp³-hybridized carbons (Fsp3) is 0.844. The van der Waals surface area contributed by atoms with E-state index in [1.54, 1.807) is 6.92 Å². The van der Waals surface area contributed by atoms with E-state index in [9.17, 15) is 4.79 Å². The van der Waals surface area contributed by atoms with Gasteiger partial charge in [-0.15, -0.1) is 0 Å². The van der Waals surface area contributed by atoms with Gasteiger partial charge < -0.3 is 4.74 Å². The predicted molar refractivity (Wildman–Crippen MR) is 140 cm³/mol. The Balaban J connectivity index is 1.55. The monoisotopic (exact) mass is 466 g/mol. The number of carbonyl (C=O) groups is 1. The van der Waals surface area contributed by atoms with Gasteiger partial charge in [0, 0.05) is 12.3 Å². The summed E-state index contributed by atoms with van der Waals surface area (Å²) in [6, 6.07) is 0. The van der Waals surface area contributed by atoms with E-state index in [4.69, 9.17) is 4.74 Å². The molecule has 0 heterocycles. The molecule has 2 heteroatoms. The van der Waals surface area contributed by atoms with Gasteiger partial charge in [-0.3, -0.25) is 4.79 Å². The second kappa shape index (κ2) is 7.48. The third-order valence-electron chi connectivity index (χ3n) is 13.2. The number of allylic oxidation sites excluding steroid dienone is 3. The molecule has 0 aromatic rings. The highest BCUT2D eigenvalue weighted by molar-refractivity contribution is 5.66. The zero-order valence-electron chi connectivity index (χ0n) is 23.4. The van der Waals surface area contributed by atoms with Crippen LogP contribution in [0.4, 0.5) is 0 Å². The summed E-state index contributed by atoms with van der Waals surface area (Å²) in [7, 11) is 0. The maximum absolute atomic E-state index is 11.9. The van der Waals surface area contributed by atoms with Crippen LogP contribution in [-0.4, -0.2) is 12.1 Å². The van der Waals surface area contributed by atoms with E-state index < -0.39 is 0 Å². The molecule has 34 heavy (non-hydrogen) atoms. The van der Waals surface area contributed by atoms with Crippen molar-refractivity contribution < 1.29 is 9.53 Å². The van der Waals surface area contributed by atoms with Gasteiger partial charge in [-0.2, -0.15) is 0 Å². The van der Waals surface area contributed by atoms with E-state index >= 15 is 0 Å². The molecule has 2 nitrogen and oxygen atoms in total. The average molecular weight is 467 g/mol. The van der Waals surface area contributed by atoms with Crippen LogP contribution >= 0.6 is 0 Å². The van der Waals surface area contributed by atoms with Crippen molar-refractivity contribution in [3.8, 4) is 0 Å². The van der Waals surface area contributed by atoms with Crippen LogP contribution in [0.25, 0.3) is 0 Å². The molecule has 0 spiro atoms. The Morgan fingerprint density at radius 2 is 1.68 bits per heavy atom. The van der Waals surface area contributed by atoms with Crippen LogP contribution in [0.15, 0.2) is 23.8 Å².